The van der Waals surface area contributed by atoms with Crippen molar-refractivity contribution in [3.8, 4) is 0 Å². The van der Waals surface area contributed by atoms with E-state index < -0.39 is 0 Å². The number of hydrogen-bond donors (Lipinski definition) is 0. The monoisotopic (exact) mass is 701 g/mol. The average molecular weight is 701 g/mol. The smallest absolute Gasteiger partial charge is 0.00258 e. The lowest BCUT2D eigenvalue weighted by atomic mass is 9.86. The van der Waals surface area contributed by atoms with Gasteiger partial charge in [0.1, 0.15) is 0 Å². The maximum Gasteiger partial charge on any atom is -0.00258 e. The molecule has 4 aromatic carbocycles. The van der Waals surface area contributed by atoms with Gasteiger partial charge in [0.25, 0.3) is 0 Å². The van der Waals surface area contributed by atoms with Crippen LogP contribution >= 0.6 is 0 Å². The van der Waals surface area contributed by atoms with E-state index in [1.54, 1.807) is 0 Å². The van der Waals surface area contributed by atoms with Crippen molar-refractivity contribution in [2.75, 3.05) is 0 Å². The molecule has 0 bridgehead atoms. The highest BCUT2D eigenvalue weighted by Gasteiger charge is 2.13. The summed E-state index contributed by atoms with van der Waals surface area (Å²) in [7, 11) is 0. The largest absolute Gasteiger partial charge is 0.0683 e. The van der Waals surface area contributed by atoms with Crippen LogP contribution < -0.4 is 0 Å². The van der Waals surface area contributed by atoms with Gasteiger partial charge in [0, 0.05) is 0 Å². The van der Waals surface area contributed by atoms with Crippen molar-refractivity contribution in [1.29, 1.82) is 0 Å². The van der Waals surface area contributed by atoms with Crippen LogP contribution in [0.25, 0.3) is 0 Å². The lowest BCUT2D eigenvalue weighted by molar-refractivity contribution is 0.590. The van der Waals surface area contributed by atoms with Crippen molar-refractivity contribution >= 4 is 0 Å². The Kier molecular flexibility index (Phi) is 41.1. The molecule has 0 nitrogen and oxygen atoms in total. The van der Waals surface area contributed by atoms with Crippen LogP contribution in [0.3, 0.4) is 0 Å². The molecule has 0 aliphatic rings. The van der Waals surface area contributed by atoms with Crippen LogP contribution in [0.5, 0.6) is 0 Å². The Morgan fingerprint density at radius 1 is 0.235 bits per heavy atom. The maximum absolute atomic E-state index is 2.28. The third-order valence-corrected chi connectivity index (χ3v) is 6.91. The minimum atomic E-state index is 0.204. The molecule has 0 N–H and O–H groups in total. The first kappa shape index (κ1) is 57.2. The molecule has 0 aromatic heterocycles. The predicted octanol–water partition coefficient (Wildman–Crippen LogP) is 17.3. The van der Waals surface area contributed by atoms with Crippen LogP contribution in [0.15, 0.2) is 97.1 Å². The van der Waals surface area contributed by atoms with Crippen molar-refractivity contribution in [1.82, 2.24) is 0 Å². The fourth-order valence-electron chi connectivity index (χ4n) is 4.50. The molecule has 4 aromatic rings. The van der Waals surface area contributed by atoms with Crippen molar-refractivity contribution in [3.05, 3.63) is 142 Å². The molecule has 4 rings (SSSR count). The van der Waals surface area contributed by atoms with E-state index in [-0.39, 0.29) is 10.8 Å². The standard InChI is InChI=1S/C35H40.8C2H6/c1-34(2,3)32-19-15-30(16-20-32)24-28-11-7-26(8-12-28)23-27-9-13-29(14-10-27)25-31-17-21-33(22-18-31)35(4,5)6;8*1-2/h7-22H,23-25H2,1-6H3;8*1-2H3. The van der Waals surface area contributed by atoms with Crippen LogP contribution in [0.4, 0.5) is 0 Å². The second-order valence-corrected chi connectivity index (χ2v) is 12.1. The molecule has 51 heavy (non-hydrogen) atoms. The topological polar surface area (TPSA) is 0 Å². The first-order valence-electron chi connectivity index (χ1n) is 20.9. The molecule has 0 saturated carbocycles. The predicted molar refractivity (Wildman–Crippen MR) is 242 cm³/mol. The fraction of sp³-hybridized carbons (Fsp3) is 0.529. The molecule has 0 unspecified atom stereocenters. The van der Waals surface area contributed by atoms with Gasteiger partial charge in [0.15, 0.2) is 0 Å². The van der Waals surface area contributed by atoms with Crippen LogP contribution in [-0.4, -0.2) is 0 Å². The van der Waals surface area contributed by atoms with Crippen LogP contribution in [-0.2, 0) is 30.1 Å². The zero-order valence-corrected chi connectivity index (χ0v) is 38.4. The normalized spacial score (nSPS) is 9.22. The van der Waals surface area contributed by atoms with Gasteiger partial charge in [-0.25, -0.2) is 0 Å². The van der Waals surface area contributed by atoms with Gasteiger partial charge < -0.3 is 0 Å². The molecular formula is C51H88. The molecule has 0 radical (unpaired) electrons. The highest BCUT2D eigenvalue weighted by Crippen LogP contribution is 2.24. The van der Waals surface area contributed by atoms with Crippen molar-refractivity contribution < 1.29 is 0 Å². The van der Waals surface area contributed by atoms with Crippen molar-refractivity contribution in [3.63, 3.8) is 0 Å². The Labute approximate surface area is 323 Å². The molecule has 292 valence electrons. The molecule has 0 amide bonds. The summed E-state index contributed by atoms with van der Waals surface area (Å²) in [5, 5.41) is 0. The molecule has 0 spiro atoms. The van der Waals surface area contributed by atoms with Gasteiger partial charge in [0.2, 0.25) is 0 Å². The summed E-state index contributed by atoms with van der Waals surface area (Å²) in [6.45, 7) is 45.6. The van der Waals surface area contributed by atoms with E-state index in [0.717, 1.165) is 19.3 Å². The van der Waals surface area contributed by atoms with E-state index in [1.807, 2.05) is 111 Å². The molecule has 0 saturated heterocycles. The van der Waals surface area contributed by atoms with E-state index >= 15 is 0 Å². The SMILES string of the molecule is CC.CC.CC.CC.CC.CC.CC.CC.CC(C)(C)c1ccc(Cc2ccc(Cc3ccc(Cc4ccc(C(C)(C)C)cc4)cc3)cc2)cc1. The number of hydrogen-bond acceptors (Lipinski definition) is 0. The Balaban J connectivity index is -0.000000389. The van der Waals surface area contributed by atoms with Crippen LogP contribution in [0, 0.1) is 0 Å². The van der Waals surface area contributed by atoms with Gasteiger partial charge in [-0.05, 0) is 74.6 Å². The fourth-order valence-corrected chi connectivity index (χ4v) is 4.50. The minimum Gasteiger partial charge on any atom is -0.0683 e. The second-order valence-electron chi connectivity index (χ2n) is 12.1. The summed E-state index contributed by atoms with van der Waals surface area (Å²) in [6.07, 6.45) is 2.94. The van der Waals surface area contributed by atoms with Crippen LogP contribution in [0.2, 0.25) is 0 Å². The zero-order valence-electron chi connectivity index (χ0n) is 38.4. The third kappa shape index (κ3) is 25.5. The van der Waals surface area contributed by atoms with Crippen LogP contribution in [0.1, 0.15) is 197 Å². The summed E-state index contributed by atoms with van der Waals surface area (Å²) in [5.74, 6) is 0. The van der Waals surface area contributed by atoms with Gasteiger partial charge >= 0.3 is 0 Å². The first-order valence-corrected chi connectivity index (χ1v) is 20.9. The summed E-state index contributed by atoms with van der Waals surface area (Å²) in [5.41, 5.74) is 11.4. The first-order chi connectivity index (χ1) is 24.6. The molecule has 0 heterocycles. The Morgan fingerprint density at radius 3 is 0.471 bits per heavy atom. The van der Waals surface area contributed by atoms with E-state index in [2.05, 4.69) is 139 Å². The highest BCUT2D eigenvalue weighted by molar-refractivity contribution is 5.36. The number of rotatable bonds is 6. The van der Waals surface area contributed by atoms with E-state index in [1.165, 1.54) is 44.5 Å². The number of benzene rings is 4. The highest BCUT2D eigenvalue weighted by atomic mass is 14.2. The quantitative estimate of drug-likeness (QED) is 0.188. The van der Waals surface area contributed by atoms with Gasteiger partial charge in [-0.2, -0.15) is 0 Å². The summed E-state index contributed by atoms with van der Waals surface area (Å²) in [6, 6.07) is 36.4. The Bertz CT molecular complexity index is 1110. The van der Waals surface area contributed by atoms with Gasteiger partial charge in [-0.15, -0.1) is 0 Å². The zero-order chi connectivity index (χ0) is 41.1. The van der Waals surface area contributed by atoms with Crippen molar-refractivity contribution in [2.24, 2.45) is 0 Å². The maximum atomic E-state index is 2.28. The third-order valence-electron chi connectivity index (χ3n) is 6.91. The van der Waals surface area contributed by atoms with E-state index in [0.29, 0.717) is 0 Å². The molecule has 0 fully saturated rings. The van der Waals surface area contributed by atoms with Gasteiger partial charge in [-0.3, -0.25) is 0 Å². The summed E-state index contributed by atoms with van der Waals surface area (Å²) >= 11 is 0. The Hall–Kier alpha value is -3.12. The molecule has 0 aliphatic carbocycles. The summed E-state index contributed by atoms with van der Waals surface area (Å²) < 4.78 is 0. The van der Waals surface area contributed by atoms with Crippen molar-refractivity contribution in [2.45, 2.75) is 182 Å². The summed E-state index contributed by atoms with van der Waals surface area (Å²) in [4.78, 5) is 0. The van der Waals surface area contributed by atoms with Gasteiger partial charge in [-0.1, -0.05) is 249 Å². The lowest BCUT2D eigenvalue weighted by Gasteiger charge is -2.19. The van der Waals surface area contributed by atoms with Gasteiger partial charge in [0.05, 0.1) is 0 Å². The lowest BCUT2D eigenvalue weighted by Crippen LogP contribution is -2.10. The average Bonchev–Trinajstić information content (AvgIpc) is 3.19. The molecular weight excluding hydrogens is 613 g/mol. The Morgan fingerprint density at radius 2 is 0.353 bits per heavy atom. The molecule has 0 aliphatic heterocycles. The van der Waals surface area contributed by atoms with E-state index in [4.69, 9.17) is 0 Å². The molecule has 0 atom stereocenters. The molecule has 0 heteroatoms. The minimum absolute atomic E-state index is 0.204. The second kappa shape index (κ2) is 36.7. The van der Waals surface area contributed by atoms with E-state index in [9.17, 15) is 0 Å².